The summed E-state index contributed by atoms with van der Waals surface area (Å²) in [6, 6.07) is 7.33. The molecule has 102 valence electrons. The van der Waals surface area contributed by atoms with E-state index in [0.29, 0.717) is 11.6 Å². The van der Waals surface area contributed by atoms with Crippen LogP contribution in [0.15, 0.2) is 36.9 Å². The van der Waals surface area contributed by atoms with Gasteiger partial charge in [0.2, 0.25) is 0 Å². The van der Waals surface area contributed by atoms with E-state index in [1.54, 1.807) is 23.1 Å². The van der Waals surface area contributed by atoms with Crippen LogP contribution >= 0.6 is 11.6 Å². The molecule has 1 aromatic heterocycles. The maximum Gasteiger partial charge on any atom is 0.137 e. The molecular weight excluding hydrogens is 262 g/mol. The molecule has 0 bridgehead atoms. The van der Waals surface area contributed by atoms with Gasteiger partial charge in [0.1, 0.15) is 18.3 Å². The van der Waals surface area contributed by atoms with E-state index < -0.39 is 5.60 Å². The molecule has 19 heavy (non-hydrogen) atoms. The van der Waals surface area contributed by atoms with E-state index in [1.165, 1.54) is 6.33 Å². The van der Waals surface area contributed by atoms with Crippen LogP contribution in [0.2, 0.25) is 5.02 Å². The number of hydrogen-bond acceptors (Lipinski definition) is 3. The van der Waals surface area contributed by atoms with Crippen molar-refractivity contribution < 1.29 is 5.11 Å². The third-order valence-electron chi connectivity index (χ3n) is 3.64. The fourth-order valence-electron chi connectivity index (χ4n) is 2.17. The Morgan fingerprint density at radius 3 is 2.58 bits per heavy atom. The van der Waals surface area contributed by atoms with Crippen molar-refractivity contribution in [3.63, 3.8) is 0 Å². The predicted molar refractivity (Wildman–Crippen MR) is 74.8 cm³/mol. The Kier molecular flexibility index (Phi) is 4.22. The summed E-state index contributed by atoms with van der Waals surface area (Å²) < 4.78 is 1.65. The van der Waals surface area contributed by atoms with Crippen molar-refractivity contribution >= 4 is 11.6 Å². The average molecular weight is 280 g/mol. The van der Waals surface area contributed by atoms with Crippen LogP contribution in [-0.2, 0) is 12.1 Å². The molecule has 0 aliphatic rings. The van der Waals surface area contributed by atoms with Crippen molar-refractivity contribution in [1.29, 1.82) is 0 Å². The Morgan fingerprint density at radius 1 is 1.37 bits per heavy atom. The highest BCUT2D eigenvalue weighted by molar-refractivity contribution is 6.30. The van der Waals surface area contributed by atoms with Gasteiger partial charge in [0.15, 0.2) is 0 Å². The zero-order valence-corrected chi connectivity index (χ0v) is 11.9. The van der Waals surface area contributed by atoms with E-state index >= 15 is 0 Å². The standard InChI is InChI=1S/C14H18ClN3O/c1-3-11(2)14(19,8-18-10-16-9-17-18)12-4-6-13(15)7-5-12/h4-7,9-11,19H,3,8H2,1-2H3/t11-,14-/m1/s1. The summed E-state index contributed by atoms with van der Waals surface area (Å²) in [6.45, 7) is 4.47. The molecule has 1 heterocycles. The number of aromatic nitrogens is 3. The molecule has 0 aliphatic heterocycles. The number of halogens is 1. The van der Waals surface area contributed by atoms with E-state index in [0.717, 1.165) is 12.0 Å². The molecule has 4 nitrogen and oxygen atoms in total. The molecule has 1 N–H and O–H groups in total. The smallest absolute Gasteiger partial charge is 0.137 e. The van der Waals surface area contributed by atoms with Crippen LogP contribution in [0.25, 0.3) is 0 Å². The minimum Gasteiger partial charge on any atom is -0.383 e. The van der Waals surface area contributed by atoms with Crippen LogP contribution < -0.4 is 0 Å². The zero-order chi connectivity index (χ0) is 13.9. The SMILES string of the molecule is CC[C@@H](C)[C@](O)(Cn1cncn1)c1ccc(Cl)cc1. The van der Waals surface area contributed by atoms with Gasteiger partial charge in [0, 0.05) is 5.02 Å². The molecule has 2 rings (SSSR count). The molecule has 1 aromatic carbocycles. The number of benzene rings is 1. The van der Waals surface area contributed by atoms with Gasteiger partial charge in [-0.2, -0.15) is 5.10 Å². The second kappa shape index (κ2) is 5.72. The Labute approximate surface area is 118 Å². The van der Waals surface area contributed by atoms with Crippen molar-refractivity contribution in [2.75, 3.05) is 0 Å². The van der Waals surface area contributed by atoms with Gasteiger partial charge < -0.3 is 5.11 Å². The minimum absolute atomic E-state index is 0.0953. The summed E-state index contributed by atoms with van der Waals surface area (Å²) in [5.41, 5.74) is -0.130. The fourth-order valence-corrected chi connectivity index (χ4v) is 2.30. The van der Waals surface area contributed by atoms with Crippen LogP contribution in [0.5, 0.6) is 0 Å². The van der Waals surface area contributed by atoms with E-state index in [1.807, 2.05) is 19.1 Å². The van der Waals surface area contributed by atoms with Gasteiger partial charge >= 0.3 is 0 Å². The molecule has 2 atom stereocenters. The van der Waals surface area contributed by atoms with E-state index in [2.05, 4.69) is 17.0 Å². The Bertz CT molecular complexity index is 512. The molecule has 0 saturated heterocycles. The van der Waals surface area contributed by atoms with Gasteiger partial charge in [-0.25, -0.2) is 9.67 Å². The van der Waals surface area contributed by atoms with Crippen molar-refractivity contribution in [3.05, 3.63) is 47.5 Å². The number of aliphatic hydroxyl groups is 1. The van der Waals surface area contributed by atoms with Crippen molar-refractivity contribution in [3.8, 4) is 0 Å². The Balaban J connectivity index is 2.36. The molecule has 5 heteroatoms. The third-order valence-corrected chi connectivity index (χ3v) is 3.89. The molecular formula is C14H18ClN3O. The maximum atomic E-state index is 11.1. The quantitative estimate of drug-likeness (QED) is 0.916. The molecule has 0 amide bonds. The van der Waals surface area contributed by atoms with E-state index in [4.69, 9.17) is 11.6 Å². The first kappa shape index (κ1) is 14.0. The van der Waals surface area contributed by atoms with Gasteiger partial charge in [-0.15, -0.1) is 0 Å². The lowest BCUT2D eigenvalue weighted by Crippen LogP contribution is -2.38. The number of nitrogens with zero attached hydrogens (tertiary/aromatic N) is 3. The molecule has 0 aliphatic carbocycles. The fraction of sp³-hybridized carbons (Fsp3) is 0.429. The molecule has 0 fully saturated rings. The lowest BCUT2D eigenvalue weighted by molar-refractivity contribution is -0.0374. The summed E-state index contributed by atoms with van der Waals surface area (Å²) in [5, 5.41) is 15.8. The molecule has 0 saturated carbocycles. The number of hydrogen-bond donors (Lipinski definition) is 1. The summed E-state index contributed by atoms with van der Waals surface area (Å²) >= 11 is 5.91. The van der Waals surface area contributed by atoms with Crippen molar-refractivity contribution in [2.24, 2.45) is 5.92 Å². The maximum absolute atomic E-state index is 11.1. The highest BCUT2D eigenvalue weighted by Crippen LogP contribution is 2.33. The van der Waals surface area contributed by atoms with E-state index in [9.17, 15) is 5.11 Å². The molecule has 0 spiro atoms. The molecule has 2 aromatic rings. The van der Waals surface area contributed by atoms with Gasteiger partial charge in [-0.05, 0) is 23.6 Å². The summed E-state index contributed by atoms with van der Waals surface area (Å²) in [6.07, 6.45) is 3.95. The molecule has 0 unspecified atom stereocenters. The van der Waals surface area contributed by atoms with Crippen LogP contribution in [0.3, 0.4) is 0 Å². The lowest BCUT2D eigenvalue weighted by atomic mass is 9.81. The van der Waals surface area contributed by atoms with Gasteiger partial charge in [-0.3, -0.25) is 0 Å². The van der Waals surface area contributed by atoms with Gasteiger partial charge in [0.05, 0.1) is 6.54 Å². The second-order valence-corrected chi connectivity index (χ2v) is 5.27. The molecule has 0 radical (unpaired) electrons. The third kappa shape index (κ3) is 2.96. The first-order chi connectivity index (χ1) is 9.06. The normalized spacial score (nSPS) is 16.0. The van der Waals surface area contributed by atoms with Gasteiger partial charge in [0.25, 0.3) is 0 Å². The topological polar surface area (TPSA) is 50.9 Å². The first-order valence-corrected chi connectivity index (χ1v) is 6.75. The summed E-state index contributed by atoms with van der Waals surface area (Å²) in [7, 11) is 0. The lowest BCUT2D eigenvalue weighted by Gasteiger charge is -2.34. The van der Waals surface area contributed by atoms with E-state index in [-0.39, 0.29) is 5.92 Å². The zero-order valence-electron chi connectivity index (χ0n) is 11.1. The monoisotopic (exact) mass is 279 g/mol. The highest BCUT2D eigenvalue weighted by Gasteiger charge is 2.35. The Morgan fingerprint density at radius 2 is 2.05 bits per heavy atom. The highest BCUT2D eigenvalue weighted by atomic mass is 35.5. The van der Waals surface area contributed by atoms with Crippen molar-refractivity contribution in [2.45, 2.75) is 32.4 Å². The van der Waals surface area contributed by atoms with Crippen LogP contribution in [0.1, 0.15) is 25.8 Å². The van der Waals surface area contributed by atoms with Crippen LogP contribution in [-0.4, -0.2) is 19.9 Å². The number of rotatable bonds is 5. The predicted octanol–water partition coefficient (Wildman–Crippen LogP) is 2.87. The average Bonchev–Trinajstić information content (AvgIpc) is 2.91. The first-order valence-electron chi connectivity index (χ1n) is 6.37. The minimum atomic E-state index is -0.979. The van der Waals surface area contributed by atoms with Crippen LogP contribution in [0, 0.1) is 5.92 Å². The van der Waals surface area contributed by atoms with Gasteiger partial charge in [-0.1, -0.05) is 44.0 Å². The Hall–Kier alpha value is -1.39. The van der Waals surface area contributed by atoms with Crippen LogP contribution in [0.4, 0.5) is 0 Å². The summed E-state index contributed by atoms with van der Waals surface area (Å²) in [5.74, 6) is 0.0953. The second-order valence-electron chi connectivity index (χ2n) is 4.83. The summed E-state index contributed by atoms with van der Waals surface area (Å²) in [4.78, 5) is 3.92. The largest absolute Gasteiger partial charge is 0.383 e. The van der Waals surface area contributed by atoms with Crippen molar-refractivity contribution in [1.82, 2.24) is 14.8 Å².